The minimum absolute atomic E-state index is 0.0482. The number of benzene rings is 1. The number of hydrogen-bond acceptors (Lipinski definition) is 6. The molecule has 1 aromatic carbocycles. The van der Waals surface area contributed by atoms with Crippen LogP contribution in [0.25, 0.3) is 5.69 Å². The molecule has 3 heterocycles. The van der Waals surface area contributed by atoms with E-state index in [0.29, 0.717) is 30.8 Å². The highest BCUT2D eigenvalue weighted by molar-refractivity contribution is 6.00. The maximum absolute atomic E-state index is 12.8. The van der Waals surface area contributed by atoms with Gasteiger partial charge in [-0.05, 0) is 69.2 Å². The summed E-state index contributed by atoms with van der Waals surface area (Å²) < 4.78 is 1.84. The fourth-order valence-corrected chi connectivity index (χ4v) is 5.93. The molecule has 2 saturated heterocycles. The van der Waals surface area contributed by atoms with E-state index in [4.69, 9.17) is 10.8 Å². The number of piperidine rings is 1. The summed E-state index contributed by atoms with van der Waals surface area (Å²) in [4.78, 5) is 39.8. The van der Waals surface area contributed by atoms with Crippen LogP contribution in [0.2, 0.25) is 0 Å². The van der Waals surface area contributed by atoms with Gasteiger partial charge < -0.3 is 21.3 Å². The van der Waals surface area contributed by atoms with Crippen molar-refractivity contribution in [3.05, 3.63) is 40.7 Å². The number of aromatic nitrogens is 2. The monoisotopic (exact) mass is 492 g/mol. The number of anilines is 1. The molecule has 2 fully saturated rings. The number of primary amides is 1. The predicted molar refractivity (Wildman–Crippen MR) is 138 cm³/mol. The minimum Gasteiger partial charge on any atom is -0.381 e. The van der Waals surface area contributed by atoms with Crippen LogP contribution in [0.15, 0.2) is 18.2 Å². The highest BCUT2D eigenvalue weighted by Gasteiger charge is 2.36. The van der Waals surface area contributed by atoms with Crippen molar-refractivity contribution in [3.8, 4) is 5.69 Å². The SMILES string of the molecule is Cc1nn(-c2ccc(C(N)=O)c(NC3CCN(C(=O)C4CCCN4)CC3)c2)c2c1C(=O)CC(C)(C)C2. The fraction of sp³-hybridized carbons (Fsp3) is 0.556. The first-order valence-corrected chi connectivity index (χ1v) is 13.0. The third kappa shape index (κ3) is 4.64. The van der Waals surface area contributed by atoms with Crippen molar-refractivity contribution in [2.24, 2.45) is 11.1 Å². The van der Waals surface area contributed by atoms with Gasteiger partial charge in [0.1, 0.15) is 0 Å². The molecular formula is C27H36N6O3. The standard InChI is InChI=1S/C27H36N6O3/c1-16-24-22(14-27(2,3)15-23(24)34)33(31-16)18-6-7-19(25(28)35)21(13-18)30-17-8-11-32(12-9-17)26(36)20-5-4-10-29-20/h6-7,13,17,20,29-30H,4-5,8-12,14-15H2,1-3H3,(H2,28,35). The molecule has 1 unspecified atom stereocenters. The van der Waals surface area contributed by atoms with Crippen molar-refractivity contribution >= 4 is 23.3 Å². The van der Waals surface area contributed by atoms with Gasteiger partial charge in [0.2, 0.25) is 5.91 Å². The lowest BCUT2D eigenvalue weighted by atomic mass is 9.75. The molecule has 0 spiro atoms. The summed E-state index contributed by atoms with van der Waals surface area (Å²) in [5.41, 5.74) is 9.80. The Kier molecular flexibility index (Phi) is 6.36. The maximum Gasteiger partial charge on any atom is 0.250 e. The van der Waals surface area contributed by atoms with Crippen LogP contribution in [0.4, 0.5) is 5.69 Å². The van der Waals surface area contributed by atoms with Crippen molar-refractivity contribution in [1.82, 2.24) is 20.0 Å². The number of aryl methyl sites for hydroxylation is 1. The Morgan fingerprint density at radius 2 is 1.92 bits per heavy atom. The Hall–Kier alpha value is -3.20. The van der Waals surface area contributed by atoms with E-state index < -0.39 is 5.91 Å². The van der Waals surface area contributed by atoms with E-state index in [0.717, 1.165) is 61.3 Å². The summed E-state index contributed by atoms with van der Waals surface area (Å²) >= 11 is 0. The third-order valence-corrected chi connectivity index (χ3v) is 7.76. The molecule has 0 saturated carbocycles. The van der Waals surface area contributed by atoms with Crippen LogP contribution in [0.3, 0.4) is 0 Å². The van der Waals surface area contributed by atoms with Crippen molar-refractivity contribution in [2.75, 3.05) is 25.0 Å². The van der Waals surface area contributed by atoms with Gasteiger partial charge in [0.05, 0.1) is 34.2 Å². The summed E-state index contributed by atoms with van der Waals surface area (Å²) in [5, 5.41) is 11.5. The molecule has 1 atom stereocenters. The van der Waals surface area contributed by atoms with E-state index in [9.17, 15) is 14.4 Å². The number of Topliss-reactive ketones (excluding diaryl/α,β-unsaturated/α-hetero) is 1. The van der Waals surface area contributed by atoms with E-state index in [1.807, 2.05) is 28.6 Å². The van der Waals surface area contributed by atoms with Gasteiger partial charge in [-0.1, -0.05) is 13.8 Å². The van der Waals surface area contributed by atoms with E-state index in [1.165, 1.54) is 0 Å². The number of nitrogens with one attached hydrogen (secondary N) is 2. The molecule has 36 heavy (non-hydrogen) atoms. The van der Waals surface area contributed by atoms with Gasteiger partial charge in [-0.15, -0.1) is 0 Å². The first-order chi connectivity index (χ1) is 17.1. The smallest absolute Gasteiger partial charge is 0.250 e. The first kappa shape index (κ1) is 24.5. The molecule has 1 aliphatic carbocycles. The summed E-state index contributed by atoms with van der Waals surface area (Å²) in [7, 11) is 0. The normalized spacial score (nSPS) is 21.9. The lowest BCUT2D eigenvalue weighted by Gasteiger charge is -2.34. The van der Waals surface area contributed by atoms with Gasteiger partial charge in [-0.25, -0.2) is 4.68 Å². The topological polar surface area (TPSA) is 122 Å². The number of amides is 2. The van der Waals surface area contributed by atoms with Gasteiger partial charge in [0.25, 0.3) is 5.91 Å². The zero-order valence-electron chi connectivity index (χ0n) is 21.4. The molecule has 192 valence electrons. The first-order valence-electron chi connectivity index (χ1n) is 13.0. The van der Waals surface area contributed by atoms with Gasteiger partial charge in [0.15, 0.2) is 5.78 Å². The summed E-state index contributed by atoms with van der Waals surface area (Å²) in [6.45, 7) is 8.35. The van der Waals surface area contributed by atoms with E-state index in [-0.39, 0.29) is 29.2 Å². The summed E-state index contributed by atoms with van der Waals surface area (Å²) in [6.07, 6.45) is 4.80. The van der Waals surface area contributed by atoms with Gasteiger partial charge in [-0.2, -0.15) is 5.10 Å². The lowest BCUT2D eigenvalue weighted by molar-refractivity contribution is -0.134. The Morgan fingerprint density at radius 3 is 2.58 bits per heavy atom. The zero-order valence-corrected chi connectivity index (χ0v) is 21.4. The number of nitrogens with zero attached hydrogens (tertiary/aromatic N) is 3. The maximum atomic E-state index is 12.8. The molecular weight excluding hydrogens is 456 g/mol. The van der Waals surface area contributed by atoms with Crippen LogP contribution < -0.4 is 16.4 Å². The quantitative estimate of drug-likeness (QED) is 0.590. The van der Waals surface area contributed by atoms with E-state index in [1.54, 1.807) is 6.07 Å². The van der Waals surface area contributed by atoms with Crippen LogP contribution in [0, 0.1) is 12.3 Å². The number of ketones is 1. The van der Waals surface area contributed by atoms with Crippen molar-refractivity contribution in [3.63, 3.8) is 0 Å². The summed E-state index contributed by atoms with van der Waals surface area (Å²) in [5.74, 6) is -0.174. The van der Waals surface area contributed by atoms with Crippen LogP contribution in [-0.2, 0) is 11.2 Å². The highest BCUT2D eigenvalue weighted by atomic mass is 16.2. The van der Waals surface area contributed by atoms with Crippen molar-refractivity contribution in [1.29, 1.82) is 0 Å². The largest absolute Gasteiger partial charge is 0.381 e. The molecule has 2 aromatic rings. The van der Waals surface area contributed by atoms with Crippen LogP contribution in [-0.4, -0.2) is 64.0 Å². The number of hydrogen-bond donors (Lipinski definition) is 3. The molecule has 2 aliphatic heterocycles. The number of carbonyl (C=O) groups is 3. The number of rotatable bonds is 5. The van der Waals surface area contributed by atoms with E-state index in [2.05, 4.69) is 24.5 Å². The fourth-order valence-electron chi connectivity index (χ4n) is 5.93. The molecule has 2 amide bonds. The second-order valence-corrected chi connectivity index (χ2v) is 11.2. The Bertz CT molecular complexity index is 1200. The molecule has 0 bridgehead atoms. The second kappa shape index (κ2) is 9.35. The lowest BCUT2D eigenvalue weighted by Crippen LogP contribution is -2.48. The molecule has 9 heteroatoms. The van der Waals surface area contributed by atoms with Crippen LogP contribution in [0.5, 0.6) is 0 Å². The average Bonchev–Trinajstić information content (AvgIpc) is 3.46. The molecule has 3 aliphatic rings. The molecule has 4 N–H and O–H groups in total. The predicted octanol–water partition coefficient (Wildman–Crippen LogP) is 2.59. The molecule has 5 rings (SSSR count). The Labute approximate surface area is 211 Å². The van der Waals surface area contributed by atoms with Crippen molar-refractivity contribution in [2.45, 2.75) is 71.4 Å². The number of fused-ring (bicyclic) bond motifs is 1. The second-order valence-electron chi connectivity index (χ2n) is 11.2. The third-order valence-electron chi connectivity index (χ3n) is 7.76. The van der Waals surface area contributed by atoms with Gasteiger partial charge in [-0.3, -0.25) is 14.4 Å². The average molecular weight is 493 g/mol. The Morgan fingerprint density at radius 1 is 1.17 bits per heavy atom. The van der Waals surface area contributed by atoms with Crippen molar-refractivity contribution < 1.29 is 14.4 Å². The Balaban J connectivity index is 1.37. The van der Waals surface area contributed by atoms with Crippen LogP contribution in [0.1, 0.15) is 78.1 Å². The van der Waals surface area contributed by atoms with E-state index >= 15 is 0 Å². The zero-order chi connectivity index (χ0) is 25.6. The number of nitrogens with two attached hydrogens (primary N) is 1. The molecule has 0 radical (unpaired) electrons. The highest BCUT2D eigenvalue weighted by Crippen LogP contribution is 2.37. The van der Waals surface area contributed by atoms with Gasteiger partial charge in [0, 0.05) is 31.2 Å². The molecule has 1 aromatic heterocycles. The number of carbonyl (C=O) groups excluding carboxylic acids is 3. The minimum atomic E-state index is -0.501. The number of likely N-dealkylation sites (tertiary alicyclic amines) is 1. The van der Waals surface area contributed by atoms with Crippen LogP contribution >= 0.6 is 0 Å². The van der Waals surface area contributed by atoms with Gasteiger partial charge >= 0.3 is 0 Å². The summed E-state index contributed by atoms with van der Waals surface area (Å²) in [6, 6.07) is 5.53. The molecule has 9 nitrogen and oxygen atoms in total.